The van der Waals surface area contributed by atoms with Crippen molar-refractivity contribution in [3.8, 4) is 5.75 Å². The van der Waals surface area contributed by atoms with Crippen LogP contribution in [0.15, 0.2) is 24.3 Å². The van der Waals surface area contributed by atoms with Crippen molar-refractivity contribution >= 4 is 0 Å². The lowest BCUT2D eigenvalue weighted by atomic mass is 10.2. The largest absolute Gasteiger partial charge is 0.492 e. The lowest BCUT2D eigenvalue weighted by Gasteiger charge is -2.16. The van der Waals surface area contributed by atoms with Crippen LogP contribution in [0.5, 0.6) is 5.75 Å². The summed E-state index contributed by atoms with van der Waals surface area (Å²) in [7, 11) is 2.16. The van der Waals surface area contributed by atoms with Crippen molar-refractivity contribution in [2.24, 2.45) is 5.73 Å². The summed E-state index contributed by atoms with van der Waals surface area (Å²) in [5, 5.41) is 0. The predicted molar refractivity (Wildman–Crippen MR) is 65.5 cm³/mol. The predicted octanol–water partition coefficient (Wildman–Crippen LogP) is 1.62. The summed E-state index contributed by atoms with van der Waals surface area (Å²) in [5.41, 5.74) is 6.73. The van der Waals surface area contributed by atoms with Gasteiger partial charge >= 0.3 is 0 Å². The molecular weight excluding hydrogens is 200 g/mol. The molecule has 1 aliphatic rings. The minimum atomic E-state index is 0.536. The summed E-state index contributed by atoms with van der Waals surface area (Å²) in [4.78, 5) is 2.37. The van der Waals surface area contributed by atoms with E-state index in [1.165, 1.54) is 12.8 Å². The van der Waals surface area contributed by atoms with Gasteiger partial charge in [0.15, 0.2) is 0 Å². The summed E-state index contributed by atoms with van der Waals surface area (Å²) in [5.74, 6) is 0.925. The van der Waals surface area contributed by atoms with E-state index >= 15 is 0 Å². The van der Waals surface area contributed by atoms with Crippen LogP contribution in [0.1, 0.15) is 18.4 Å². The maximum atomic E-state index is 5.75. The van der Waals surface area contributed by atoms with Gasteiger partial charge in [0.1, 0.15) is 12.4 Å². The Hall–Kier alpha value is -1.06. The fourth-order valence-corrected chi connectivity index (χ4v) is 1.81. The second-order valence-electron chi connectivity index (χ2n) is 4.37. The molecule has 1 aromatic carbocycles. The average Bonchev–Trinajstić information content (AvgIpc) is 3.13. The highest BCUT2D eigenvalue weighted by molar-refractivity contribution is 5.32. The van der Waals surface area contributed by atoms with Crippen LogP contribution in [-0.2, 0) is 6.54 Å². The normalized spacial score (nSPS) is 15.4. The van der Waals surface area contributed by atoms with Gasteiger partial charge in [-0.05, 0) is 26.0 Å². The van der Waals surface area contributed by atoms with Gasteiger partial charge in [0, 0.05) is 24.7 Å². The smallest absolute Gasteiger partial charge is 0.123 e. The van der Waals surface area contributed by atoms with Gasteiger partial charge in [-0.3, -0.25) is 0 Å². The summed E-state index contributed by atoms with van der Waals surface area (Å²) in [6.07, 6.45) is 2.69. The van der Waals surface area contributed by atoms with E-state index in [0.29, 0.717) is 6.54 Å². The third-order valence-corrected chi connectivity index (χ3v) is 3.06. The zero-order valence-electron chi connectivity index (χ0n) is 9.86. The topological polar surface area (TPSA) is 38.5 Å². The Labute approximate surface area is 97.2 Å². The quantitative estimate of drug-likeness (QED) is 0.791. The van der Waals surface area contributed by atoms with Crippen LogP contribution < -0.4 is 10.5 Å². The van der Waals surface area contributed by atoms with E-state index in [1.54, 1.807) is 0 Å². The van der Waals surface area contributed by atoms with Gasteiger partial charge in [-0.25, -0.2) is 0 Å². The van der Waals surface area contributed by atoms with E-state index in [-0.39, 0.29) is 0 Å². The highest BCUT2D eigenvalue weighted by Gasteiger charge is 2.25. The van der Waals surface area contributed by atoms with Gasteiger partial charge < -0.3 is 15.4 Å². The molecule has 88 valence electrons. The Morgan fingerprint density at radius 1 is 1.38 bits per heavy atom. The zero-order valence-corrected chi connectivity index (χ0v) is 9.86. The molecule has 1 saturated carbocycles. The van der Waals surface area contributed by atoms with Gasteiger partial charge in [-0.1, -0.05) is 18.2 Å². The molecular formula is C13H20N2O. The molecule has 3 nitrogen and oxygen atoms in total. The highest BCUT2D eigenvalue weighted by Crippen LogP contribution is 2.25. The Morgan fingerprint density at radius 3 is 2.81 bits per heavy atom. The summed E-state index contributed by atoms with van der Waals surface area (Å²) < 4.78 is 5.75. The van der Waals surface area contributed by atoms with Crippen LogP contribution in [0.3, 0.4) is 0 Å². The lowest BCUT2D eigenvalue weighted by molar-refractivity contribution is 0.230. The number of hydrogen-bond donors (Lipinski definition) is 1. The maximum absolute atomic E-state index is 5.75. The Morgan fingerprint density at radius 2 is 2.12 bits per heavy atom. The monoisotopic (exact) mass is 220 g/mol. The van der Waals surface area contributed by atoms with Gasteiger partial charge in [-0.15, -0.1) is 0 Å². The number of hydrogen-bond acceptors (Lipinski definition) is 3. The molecule has 0 bridgehead atoms. The number of benzene rings is 1. The van der Waals surface area contributed by atoms with Crippen LogP contribution in [0.2, 0.25) is 0 Å². The third-order valence-electron chi connectivity index (χ3n) is 3.06. The second-order valence-corrected chi connectivity index (χ2v) is 4.37. The molecule has 0 saturated heterocycles. The van der Waals surface area contributed by atoms with E-state index in [0.717, 1.165) is 30.5 Å². The van der Waals surface area contributed by atoms with E-state index < -0.39 is 0 Å². The van der Waals surface area contributed by atoms with Crippen LogP contribution in [0.4, 0.5) is 0 Å². The summed E-state index contributed by atoms with van der Waals surface area (Å²) in [6.45, 7) is 2.27. The first kappa shape index (κ1) is 11.4. The minimum absolute atomic E-state index is 0.536. The minimum Gasteiger partial charge on any atom is -0.492 e. The number of rotatable bonds is 6. The van der Waals surface area contributed by atoms with Gasteiger partial charge in [-0.2, -0.15) is 0 Å². The van der Waals surface area contributed by atoms with Crippen molar-refractivity contribution in [3.63, 3.8) is 0 Å². The van der Waals surface area contributed by atoms with Crippen LogP contribution in [-0.4, -0.2) is 31.1 Å². The molecule has 1 aliphatic carbocycles. The molecule has 0 radical (unpaired) electrons. The molecule has 0 aromatic heterocycles. The molecule has 16 heavy (non-hydrogen) atoms. The van der Waals surface area contributed by atoms with E-state index in [4.69, 9.17) is 10.5 Å². The van der Waals surface area contributed by atoms with Gasteiger partial charge in [0.25, 0.3) is 0 Å². The first-order valence-corrected chi connectivity index (χ1v) is 5.92. The van der Waals surface area contributed by atoms with Crippen LogP contribution in [0.25, 0.3) is 0 Å². The van der Waals surface area contributed by atoms with E-state index in [2.05, 4.69) is 11.9 Å². The zero-order chi connectivity index (χ0) is 11.4. The van der Waals surface area contributed by atoms with Crippen molar-refractivity contribution in [1.82, 2.24) is 4.90 Å². The molecule has 0 unspecified atom stereocenters. The molecule has 1 fully saturated rings. The van der Waals surface area contributed by atoms with Gasteiger partial charge in [0.05, 0.1) is 0 Å². The van der Waals surface area contributed by atoms with Gasteiger partial charge in [0.2, 0.25) is 0 Å². The van der Waals surface area contributed by atoms with Crippen molar-refractivity contribution in [3.05, 3.63) is 29.8 Å². The molecule has 0 aliphatic heterocycles. The molecule has 0 heterocycles. The van der Waals surface area contributed by atoms with Crippen molar-refractivity contribution in [2.45, 2.75) is 25.4 Å². The standard InChI is InChI=1S/C13H20N2O/c1-15(12-6-7-12)8-9-16-13-5-3-2-4-11(13)10-14/h2-5,12H,6-10,14H2,1H3. The number of para-hydroxylation sites is 1. The maximum Gasteiger partial charge on any atom is 0.123 e. The molecule has 0 amide bonds. The molecule has 1 aromatic rings. The first-order chi connectivity index (χ1) is 7.81. The number of nitrogens with two attached hydrogens (primary N) is 1. The van der Waals surface area contributed by atoms with Crippen molar-refractivity contribution in [1.29, 1.82) is 0 Å². The summed E-state index contributed by atoms with van der Waals surface area (Å²) >= 11 is 0. The summed E-state index contributed by atoms with van der Waals surface area (Å²) in [6, 6.07) is 8.78. The fraction of sp³-hybridized carbons (Fsp3) is 0.538. The first-order valence-electron chi connectivity index (χ1n) is 5.92. The average molecular weight is 220 g/mol. The number of nitrogens with zero attached hydrogens (tertiary/aromatic N) is 1. The van der Waals surface area contributed by atoms with Crippen LogP contribution in [0, 0.1) is 0 Å². The van der Waals surface area contributed by atoms with Crippen molar-refractivity contribution in [2.75, 3.05) is 20.2 Å². The number of ether oxygens (including phenoxy) is 1. The Bertz CT molecular complexity index is 336. The molecule has 3 heteroatoms. The molecule has 0 atom stereocenters. The van der Waals surface area contributed by atoms with Crippen molar-refractivity contribution < 1.29 is 4.74 Å². The third kappa shape index (κ3) is 2.97. The molecule has 0 spiro atoms. The number of likely N-dealkylation sites (N-methyl/N-ethyl adjacent to an activating group) is 1. The van der Waals surface area contributed by atoms with E-state index in [9.17, 15) is 0 Å². The molecule has 2 N–H and O–H groups in total. The van der Waals surface area contributed by atoms with Crippen LogP contribution >= 0.6 is 0 Å². The SMILES string of the molecule is CN(CCOc1ccccc1CN)C1CC1. The highest BCUT2D eigenvalue weighted by atomic mass is 16.5. The Balaban J connectivity index is 1.79. The fourth-order valence-electron chi connectivity index (χ4n) is 1.81. The second kappa shape index (κ2) is 5.32. The Kier molecular flexibility index (Phi) is 3.80. The molecule has 2 rings (SSSR count). The van der Waals surface area contributed by atoms with E-state index in [1.807, 2.05) is 24.3 Å². The lowest BCUT2D eigenvalue weighted by Crippen LogP contribution is -2.26.